The number of rotatable bonds is 8. The second-order valence-corrected chi connectivity index (χ2v) is 5.94. The standard InChI is InChI=1S/C18H18ClN5O3/c1-23(18-21-8-4-9-22-18)12-17(26)27-13-16(25)24(10-3-7-20)15-6-2-5-14(19)11-15/h2,4-6,8-9,11H,3,10,12-13H2,1H3. The van der Waals surface area contributed by atoms with E-state index >= 15 is 0 Å². The van der Waals surface area contributed by atoms with Crippen LogP contribution in [0.2, 0.25) is 5.02 Å². The summed E-state index contributed by atoms with van der Waals surface area (Å²) in [4.78, 5) is 35.4. The molecule has 0 N–H and O–H groups in total. The van der Waals surface area contributed by atoms with Gasteiger partial charge in [-0.15, -0.1) is 0 Å². The molecule has 1 aromatic carbocycles. The van der Waals surface area contributed by atoms with Crippen molar-refractivity contribution in [3.63, 3.8) is 0 Å². The first-order chi connectivity index (χ1) is 13.0. The van der Waals surface area contributed by atoms with Crippen molar-refractivity contribution in [1.29, 1.82) is 5.26 Å². The lowest BCUT2D eigenvalue weighted by Crippen LogP contribution is -2.37. The fourth-order valence-corrected chi connectivity index (χ4v) is 2.41. The lowest BCUT2D eigenvalue weighted by Gasteiger charge is -2.22. The highest BCUT2D eigenvalue weighted by molar-refractivity contribution is 6.30. The Hall–Kier alpha value is -3.18. The maximum absolute atomic E-state index is 12.5. The van der Waals surface area contributed by atoms with Gasteiger partial charge in [0.1, 0.15) is 6.54 Å². The van der Waals surface area contributed by atoms with Gasteiger partial charge in [-0.1, -0.05) is 17.7 Å². The molecule has 0 saturated heterocycles. The number of benzene rings is 1. The third-order valence-electron chi connectivity index (χ3n) is 3.48. The van der Waals surface area contributed by atoms with E-state index < -0.39 is 18.5 Å². The van der Waals surface area contributed by atoms with Crippen LogP contribution in [0, 0.1) is 11.3 Å². The summed E-state index contributed by atoms with van der Waals surface area (Å²) in [6.07, 6.45) is 3.26. The molecule has 2 aromatic rings. The van der Waals surface area contributed by atoms with E-state index in [1.54, 1.807) is 49.8 Å². The molecule has 0 spiro atoms. The maximum atomic E-state index is 12.5. The second-order valence-electron chi connectivity index (χ2n) is 5.50. The van der Waals surface area contributed by atoms with Gasteiger partial charge >= 0.3 is 5.97 Å². The van der Waals surface area contributed by atoms with Crippen molar-refractivity contribution < 1.29 is 14.3 Å². The molecule has 1 amide bonds. The lowest BCUT2D eigenvalue weighted by atomic mass is 10.2. The first-order valence-corrected chi connectivity index (χ1v) is 8.45. The van der Waals surface area contributed by atoms with Crippen LogP contribution in [-0.2, 0) is 14.3 Å². The molecule has 27 heavy (non-hydrogen) atoms. The van der Waals surface area contributed by atoms with Crippen LogP contribution in [0.25, 0.3) is 0 Å². The predicted octanol–water partition coefficient (Wildman–Crippen LogP) is 2.06. The smallest absolute Gasteiger partial charge is 0.326 e. The first-order valence-electron chi connectivity index (χ1n) is 8.08. The summed E-state index contributed by atoms with van der Waals surface area (Å²) in [5, 5.41) is 9.27. The summed E-state index contributed by atoms with van der Waals surface area (Å²) >= 11 is 5.96. The molecule has 8 nitrogen and oxygen atoms in total. The van der Waals surface area contributed by atoms with Crippen LogP contribution in [0.3, 0.4) is 0 Å². The third-order valence-corrected chi connectivity index (χ3v) is 3.72. The van der Waals surface area contributed by atoms with Gasteiger partial charge in [0.05, 0.1) is 12.5 Å². The van der Waals surface area contributed by atoms with Gasteiger partial charge in [0, 0.05) is 36.7 Å². The molecular formula is C18H18ClN5O3. The Morgan fingerprint density at radius 2 is 2.00 bits per heavy atom. The molecule has 2 rings (SSSR count). The molecule has 0 bridgehead atoms. The van der Waals surface area contributed by atoms with E-state index in [1.807, 2.05) is 6.07 Å². The van der Waals surface area contributed by atoms with Crippen molar-refractivity contribution in [3.8, 4) is 6.07 Å². The quantitative estimate of drug-likeness (QED) is 0.639. The number of amides is 1. The van der Waals surface area contributed by atoms with E-state index in [0.717, 1.165) is 0 Å². The molecule has 1 heterocycles. The second kappa shape index (κ2) is 10.1. The minimum absolute atomic E-state index is 0.105. The number of esters is 1. The highest BCUT2D eigenvalue weighted by atomic mass is 35.5. The number of carbonyl (C=O) groups excluding carboxylic acids is 2. The Morgan fingerprint density at radius 1 is 1.26 bits per heavy atom. The summed E-state index contributed by atoms with van der Waals surface area (Å²) in [5.41, 5.74) is 0.536. The highest BCUT2D eigenvalue weighted by Gasteiger charge is 2.19. The van der Waals surface area contributed by atoms with Gasteiger partial charge in [-0.2, -0.15) is 5.26 Å². The largest absolute Gasteiger partial charge is 0.454 e. The van der Waals surface area contributed by atoms with E-state index in [1.165, 1.54) is 9.80 Å². The van der Waals surface area contributed by atoms with E-state index in [4.69, 9.17) is 21.6 Å². The number of nitrogens with zero attached hydrogens (tertiary/aromatic N) is 5. The number of anilines is 2. The highest BCUT2D eigenvalue weighted by Crippen LogP contribution is 2.20. The zero-order chi connectivity index (χ0) is 19.6. The van der Waals surface area contributed by atoms with Gasteiger partial charge in [-0.25, -0.2) is 9.97 Å². The SMILES string of the molecule is CN(CC(=O)OCC(=O)N(CCC#N)c1cccc(Cl)c1)c1ncccn1. The van der Waals surface area contributed by atoms with Crippen molar-refractivity contribution in [2.75, 3.05) is 36.5 Å². The van der Waals surface area contributed by atoms with Gasteiger partial charge < -0.3 is 14.5 Å². The molecule has 0 aliphatic carbocycles. The average Bonchev–Trinajstić information content (AvgIpc) is 2.67. The van der Waals surface area contributed by atoms with E-state index in [0.29, 0.717) is 16.7 Å². The minimum Gasteiger partial charge on any atom is -0.454 e. The molecule has 9 heteroatoms. The molecule has 0 atom stereocenters. The van der Waals surface area contributed by atoms with Crippen LogP contribution in [0.4, 0.5) is 11.6 Å². The van der Waals surface area contributed by atoms with Crippen molar-refractivity contribution >= 4 is 35.1 Å². The Morgan fingerprint density at radius 3 is 2.67 bits per heavy atom. The van der Waals surface area contributed by atoms with Gasteiger partial charge in [0.15, 0.2) is 6.61 Å². The summed E-state index contributed by atoms with van der Waals surface area (Å²) in [7, 11) is 1.64. The summed E-state index contributed by atoms with van der Waals surface area (Å²) < 4.78 is 5.07. The van der Waals surface area contributed by atoms with Crippen LogP contribution in [0.15, 0.2) is 42.7 Å². The van der Waals surface area contributed by atoms with Gasteiger partial charge in [-0.3, -0.25) is 9.59 Å². The number of ether oxygens (including phenoxy) is 1. The Labute approximate surface area is 161 Å². The number of aromatic nitrogens is 2. The number of likely N-dealkylation sites (N-methyl/N-ethyl adjacent to an activating group) is 1. The van der Waals surface area contributed by atoms with Crippen LogP contribution in [0.5, 0.6) is 0 Å². The van der Waals surface area contributed by atoms with Gasteiger partial charge in [-0.05, 0) is 24.3 Å². The molecule has 1 aromatic heterocycles. The topological polar surface area (TPSA) is 99.4 Å². The number of carbonyl (C=O) groups is 2. The maximum Gasteiger partial charge on any atom is 0.326 e. The van der Waals surface area contributed by atoms with Crippen molar-refractivity contribution in [2.24, 2.45) is 0 Å². The molecule has 140 valence electrons. The van der Waals surface area contributed by atoms with Gasteiger partial charge in [0.25, 0.3) is 5.91 Å². The van der Waals surface area contributed by atoms with Crippen molar-refractivity contribution in [3.05, 3.63) is 47.7 Å². The number of halogens is 1. The minimum atomic E-state index is -0.593. The van der Waals surface area contributed by atoms with Crippen molar-refractivity contribution in [2.45, 2.75) is 6.42 Å². The lowest BCUT2D eigenvalue weighted by molar-refractivity contribution is -0.146. The molecule has 0 radical (unpaired) electrons. The Kier molecular flexibility index (Phi) is 7.52. The van der Waals surface area contributed by atoms with Crippen molar-refractivity contribution in [1.82, 2.24) is 9.97 Å². The van der Waals surface area contributed by atoms with E-state index in [-0.39, 0.29) is 19.5 Å². The third kappa shape index (κ3) is 6.24. The summed E-state index contributed by atoms with van der Waals surface area (Å²) in [6, 6.07) is 10.3. The monoisotopic (exact) mass is 387 g/mol. The summed E-state index contributed by atoms with van der Waals surface area (Å²) in [6.45, 7) is -0.377. The van der Waals surface area contributed by atoms with Gasteiger partial charge in [0.2, 0.25) is 5.95 Å². The van der Waals surface area contributed by atoms with E-state index in [2.05, 4.69) is 9.97 Å². The Balaban J connectivity index is 1.94. The zero-order valence-corrected chi connectivity index (χ0v) is 15.5. The van der Waals surface area contributed by atoms with Crippen LogP contribution in [-0.4, -0.2) is 48.6 Å². The molecular weight excluding hydrogens is 370 g/mol. The average molecular weight is 388 g/mol. The number of hydrogen-bond donors (Lipinski definition) is 0. The first kappa shape index (κ1) is 20.1. The van der Waals surface area contributed by atoms with Crippen LogP contribution < -0.4 is 9.80 Å². The normalized spacial score (nSPS) is 9.96. The fraction of sp³-hybridized carbons (Fsp3) is 0.278. The zero-order valence-electron chi connectivity index (χ0n) is 14.7. The molecule has 0 unspecified atom stereocenters. The predicted molar refractivity (Wildman–Crippen MR) is 100 cm³/mol. The number of hydrogen-bond acceptors (Lipinski definition) is 7. The van der Waals surface area contributed by atoms with Crippen LogP contribution >= 0.6 is 11.6 Å². The number of nitriles is 1. The molecule has 0 aliphatic rings. The fourth-order valence-electron chi connectivity index (χ4n) is 2.22. The Bertz CT molecular complexity index is 825. The van der Waals surface area contributed by atoms with Crippen LogP contribution in [0.1, 0.15) is 6.42 Å². The molecule has 0 aliphatic heterocycles. The molecule has 0 saturated carbocycles. The molecule has 0 fully saturated rings. The van der Waals surface area contributed by atoms with E-state index in [9.17, 15) is 9.59 Å². The summed E-state index contributed by atoms with van der Waals surface area (Å²) in [5.74, 6) is -0.667.